The van der Waals surface area contributed by atoms with Crippen molar-refractivity contribution < 1.29 is 31.0 Å². The molecule has 0 N–H and O–H groups in total. The SMILES string of the molecule is [H-].[Na+].c1ccc(C[Se]Cc2ccccc2)cc1. The van der Waals surface area contributed by atoms with Gasteiger partial charge in [0.25, 0.3) is 0 Å². The Labute approximate surface area is 127 Å². The summed E-state index contributed by atoms with van der Waals surface area (Å²) >= 11 is 0.683. The molecule has 0 aliphatic carbocycles. The van der Waals surface area contributed by atoms with Gasteiger partial charge in [0.15, 0.2) is 0 Å². The zero-order valence-corrected chi connectivity index (χ0v) is 13.3. The van der Waals surface area contributed by atoms with Crippen LogP contribution in [0.2, 0.25) is 0 Å². The standard InChI is InChI=1S/C14H14Se.Na.H/c1-3-7-13(8-4-1)11-15-12-14-9-5-2-6-10-14;;/h1-10H,11-12H2;;/q;+1;-1. The summed E-state index contributed by atoms with van der Waals surface area (Å²) in [7, 11) is 0. The van der Waals surface area contributed by atoms with Crippen LogP contribution in [0.4, 0.5) is 0 Å². The Morgan fingerprint density at radius 3 is 1.44 bits per heavy atom. The Balaban J connectivity index is 0.00000128. The summed E-state index contributed by atoms with van der Waals surface area (Å²) in [5, 5.41) is 2.48. The molecule has 2 aromatic rings. The second kappa shape index (κ2) is 8.11. The van der Waals surface area contributed by atoms with Crippen LogP contribution in [0.15, 0.2) is 60.7 Å². The Morgan fingerprint density at radius 2 is 1.06 bits per heavy atom. The molecular formula is C14H15NaSe. The summed E-state index contributed by atoms with van der Waals surface area (Å²) in [6.07, 6.45) is 0. The van der Waals surface area contributed by atoms with E-state index in [4.69, 9.17) is 0 Å². The molecule has 0 fully saturated rings. The number of rotatable bonds is 4. The van der Waals surface area contributed by atoms with E-state index >= 15 is 0 Å². The van der Waals surface area contributed by atoms with Gasteiger partial charge in [0, 0.05) is 0 Å². The van der Waals surface area contributed by atoms with Crippen LogP contribution in [0.25, 0.3) is 0 Å². The summed E-state index contributed by atoms with van der Waals surface area (Å²) < 4.78 is 0. The number of hydrogen-bond donors (Lipinski definition) is 0. The van der Waals surface area contributed by atoms with Crippen LogP contribution in [0.1, 0.15) is 12.6 Å². The van der Waals surface area contributed by atoms with Crippen molar-refractivity contribution in [2.75, 3.05) is 0 Å². The molecule has 0 spiro atoms. The minimum atomic E-state index is 0. The summed E-state index contributed by atoms with van der Waals surface area (Å²) in [6, 6.07) is 21.5. The van der Waals surface area contributed by atoms with Gasteiger partial charge in [-0.05, 0) is 0 Å². The first-order chi connectivity index (χ1) is 7.45. The van der Waals surface area contributed by atoms with E-state index in [2.05, 4.69) is 60.7 Å². The predicted molar refractivity (Wildman–Crippen MR) is 67.2 cm³/mol. The van der Waals surface area contributed by atoms with Gasteiger partial charge >= 0.3 is 127 Å². The first-order valence-corrected chi connectivity index (χ1v) is 7.53. The first kappa shape index (κ1) is 14.0. The molecule has 0 nitrogen and oxygen atoms in total. The van der Waals surface area contributed by atoms with Crippen molar-refractivity contribution in [1.82, 2.24) is 0 Å². The molecule has 0 bridgehead atoms. The molecule has 2 heteroatoms. The van der Waals surface area contributed by atoms with Crippen LogP contribution in [0.3, 0.4) is 0 Å². The van der Waals surface area contributed by atoms with Gasteiger partial charge in [0.1, 0.15) is 0 Å². The Bertz CT molecular complexity index is 352. The quantitative estimate of drug-likeness (QED) is 0.705. The average Bonchev–Trinajstić information content (AvgIpc) is 2.32. The fourth-order valence-corrected chi connectivity index (χ4v) is 3.45. The van der Waals surface area contributed by atoms with Crippen LogP contribution in [-0.2, 0) is 10.6 Å². The second-order valence-electron chi connectivity index (χ2n) is 3.46. The zero-order valence-electron chi connectivity index (χ0n) is 10.6. The van der Waals surface area contributed by atoms with Gasteiger partial charge in [0.05, 0.1) is 0 Å². The molecule has 0 radical (unpaired) electrons. The fraction of sp³-hybridized carbons (Fsp3) is 0.143. The monoisotopic (exact) mass is 286 g/mol. The molecule has 2 rings (SSSR count). The molecule has 0 aliphatic rings. The fourth-order valence-electron chi connectivity index (χ4n) is 1.44. The Kier molecular flexibility index (Phi) is 7.11. The third-order valence-electron chi connectivity index (χ3n) is 2.22. The van der Waals surface area contributed by atoms with Crippen molar-refractivity contribution in [3.63, 3.8) is 0 Å². The maximum absolute atomic E-state index is 2.22. The van der Waals surface area contributed by atoms with Gasteiger partial charge in [-0.1, -0.05) is 0 Å². The van der Waals surface area contributed by atoms with E-state index in [9.17, 15) is 0 Å². The molecule has 0 amide bonds. The maximum atomic E-state index is 2.22. The normalized spacial score (nSPS) is 9.50. The van der Waals surface area contributed by atoms with Crippen LogP contribution in [0.5, 0.6) is 0 Å². The van der Waals surface area contributed by atoms with E-state index in [0.29, 0.717) is 15.0 Å². The van der Waals surface area contributed by atoms with Gasteiger partial charge in [-0.15, -0.1) is 0 Å². The number of benzene rings is 2. The summed E-state index contributed by atoms with van der Waals surface area (Å²) in [5.41, 5.74) is 2.93. The van der Waals surface area contributed by atoms with Gasteiger partial charge in [-0.3, -0.25) is 0 Å². The molecule has 0 atom stereocenters. The summed E-state index contributed by atoms with van der Waals surface area (Å²) in [4.78, 5) is 0. The third-order valence-corrected chi connectivity index (χ3v) is 4.48. The zero-order chi connectivity index (χ0) is 10.3. The van der Waals surface area contributed by atoms with Crippen molar-refractivity contribution in [2.24, 2.45) is 0 Å². The topological polar surface area (TPSA) is 0 Å². The van der Waals surface area contributed by atoms with E-state index < -0.39 is 0 Å². The summed E-state index contributed by atoms with van der Waals surface area (Å²) in [6.45, 7) is 0. The van der Waals surface area contributed by atoms with Crippen LogP contribution in [-0.4, -0.2) is 15.0 Å². The molecule has 0 aliphatic heterocycles. The van der Waals surface area contributed by atoms with E-state index in [1.807, 2.05) is 0 Å². The van der Waals surface area contributed by atoms with Crippen molar-refractivity contribution in [2.45, 2.75) is 10.6 Å². The van der Waals surface area contributed by atoms with Gasteiger partial charge in [-0.25, -0.2) is 0 Å². The van der Waals surface area contributed by atoms with Crippen molar-refractivity contribution in [3.05, 3.63) is 71.8 Å². The van der Waals surface area contributed by atoms with Crippen LogP contribution in [0, 0.1) is 0 Å². The minimum absolute atomic E-state index is 0. The Hall–Kier alpha value is -0.0405. The van der Waals surface area contributed by atoms with Gasteiger partial charge in [0.2, 0.25) is 0 Å². The van der Waals surface area contributed by atoms with Crippen LogP contribution < -0.4 is 29.6 Å². The Morgan fingerprint density at radius 1 is 0.688 bits per heavy atom. The third kappa shape index (κ3) is 4.86. The molecule has 16 heavy (non-hydrogen) atoms. The molecule has 0 saturated heterocycles. The van der Waals surface area contributed by atoms with E-state index in [1.54, 1.807) is 0 Å². The molecule has 0 heterocycles. The molecular weight excluding hydrogens is 270 g/mol. The van der Waals surface area contributed by atoms with E-state index in [1.165, 1.54) is 21.8 Å². The van der Waals surface area contributed by atoms with Crippen molar-refractivity contribution >= 4 is 15.0 Å². The second-order valence-corrected chi connectivity index (χ2v) is 5.53. The molecule has 0 saturated carbocycles. The van der Waals surface area contributed by atoms with Crippen molar-refractivity contribution in [1.29, 1.82) is 0 Å². The van der Waals surface area contributed by atoms with Crippen LogP contribution >= 0.6 is 0 Å². The summed E-state index contributed by atoms with van der Waals surface area (Å²) in [5.74, 6) is 0. The van der Waals surface area contributed by atoms with E-state index in [-0.39, 0.29) is 31.0 Å². The van der Waals surface area contributed by atoms with Crippen molar-refractivity contribution in [3.8, 4) is 0 Å². The molecule has 2 aromatic carbocycles. The molecule has 0 aromatic heterocycles. The first-order valence-electron chi connectivity index (χ1n) is 5.11. The molecule has 0 unspecified atom stereocenters. The van der Waals surface area contributed by atoms with E-state index in [0.717, 1.165) is 0 Å². The van der Waals surface area contributed by atoms with Gasteiger partial charge in [-0.2, -0.15) is 0 Å². The molecule has 78 valence electrons. The number of hydrogen-bond acceptors (Lipinski definition) is 0. The predicted octanol–water partition coefficient (Wildman–Crippen LogP) is 0.208. The van der Waals surface area contributed by atoms with Gasteiger partial charge < -0.3 is 1.43 Å². The average molecular weight is 285 g/mol.